The Morgan fingerprint density at radius 1 is 1.06 bits per heavy atom. The molecule has 2 aromatic carbocycles. The lowest BCUT2D eigenvalue weighted by Crippen LogP contribution is -2.38. The Labute approximate surface area is 182 Å². The van der Waals surface area contributed by atoms with Gasteiger partial charge in [0.2, 0.25) is 15.9 Å². The normalized spacial score (nSPS) is 10.8. The van der Waals surface area contributed by atoms with Gasteiger partial charge in [-0.15, -0.1) is 0 Å². The van der Waals surface area contributed by atoms with Gasteiger partial charge >= 0.3 is 0 Å². The quantitative estimate of drug-likeness (QED) is 0.575. The molecule has 0 aliphatic carbocycles. The smallest absolute Gasteiger partial charge is 0.253 e. The predicted octanol–water partition coefficient (Wildman–Crippen LogP) is 2.25. The van der Waals surface area contributed by atoms with Gasteiger partial charge in [0.25, 0.3) is 5.91 Å². The summed E-state index contributed by atoms with van der Waals surface area (Å²) in [5.74, 6) is -0.278. The van der Waals surface area contributed by atoms with Crippen LogP contribution in [0.1, 0.15) is 23.7 Å². The third kappa shape index (κ3) is 6.35. The number of hydrogen-bond donors (Lipinski definition) is 2. The molecular weight excluding hydrogens is 422 g/mol. The van der Waals surface area contributed by atoms with Crippen molar-refractivity contribution in [2.75, 3.05) is 43.2 Å². The molecule has 0 saturated heterocycles. The number of carbonyl (C=O) groups is 2. The molecule has 2 N–H and O–H groups in total. The number of nitrogens with zero attached hydrogens (tertiary/aromatic N) is 1. The Hall–Kier alpha value is -3.27. The molecule has 2 aromatic rings. The van der Waals surface area contributed by atoms with Crippen LogP contribution in [0.2, 0.25) is 0 Å². The van der Waals surface area contributed by atoms with Crippen molar-refractivity contribution < 1.29 is 27.5 Å². The number of nitrogens with one attached hydrogen (secondary N) is 2. The van der Waals surface area contributed by atoms with E-state index in [9.17, 15) is 18.0 Å². The highest BCUT2D eigenvalue weighted by Crippen LogP contribution is 2.33. The third-order valence-corrected chi connectivity index (χ3v) is 5.45. The number of benzene rings is 2. The van der Waals surface area contributed by atoms with Gasteiger partial charge in [0.1, 0.15) is 18.0 Å². The first-order valence-corrected chi connectivity index (χ1v) is 11.4. The first-order chi connectivity index (χ1) is 14.7. The molecule has 2 rings (SSSR count). The number of sulfonamides is 1. The summed E-state index contributed by atoms with van der Waals surface area (Å²) in [6, 6.07) is 11.2. The third-order valence-electron chi connectivity index (χ3n) is 4.32. The van der Waals surface area contributed by atoms with Crippen molar-refractivity contribution >= 4 is 33.2 Å². The molecule has 0 radical (unpaired) electrons. The van der Waals surface area contributed by atoms with Crippen LogP contribution in [0.5, 0.6) is 11.5 Å². The minimum atomic E-state index is -3.84. The second-order valence-electron chi connectivity index (χ2n) is 6.66. The van der Waals surface area contributed by atoms with Gasteiger partial charge in [-0.25, -0.2) is 8.42 Å². The Bertz CT molecular complexity index is 1040. The number of amides is 2. The fourth-order valence-corrected chi connectivity index (χ4v) is 3.67. The van der Waals surface area contributed by atoms with Crippen LogP contribution in [0.3, 0.4) is 0 Å². The van der Waals surface area contributed by atoms with Crippen LogP contribution in [-0.2, 0) is 14.8 Å². The number of ether oxygens (including phenoxy) is 2. The Kier molecular flexibility index (Phi) is 8.26. The number of hydrogen-bond acceptors (Lipinski definition) is 6. The van der Waals surface area contributed by atoms with Crippen molar-refractivity contribution in [2.24, 2.45) is 0 Å². The molecule has 0 heterocycles. The largest absolute Gasteiger partial charge is 0.497 e. The van der Waals surface area contributed by atoms with E-state index in [4.69, 9.17) is 9.47 Å². The van der Waals surface area contributed by atoms with E-state index in [0.717, 1.165) is 17.0 Å². The summed E-state index contributed by atoms with van der Waals surface area (Å²) in [7, 11) is -0.996. The Morgan fingerprint density at radius 2 is 1.77 bits per heavy atom. The fourth-order valence-electron chi connectivity index (χ4n) is 2.82. The second kappa shape index (κ2) is 10.7. The SMILES string of the molecule is CCCNC(=O)c1ccccc1NC(=O)CN(c1cc(OC)ccc1OC)S(C)(=O)=O. The second-order valence-corrected chi connectivity index (χ2v) is 8.56. The van der Waals surface area contributed by atoms with E-state index < -0.39 is 22.5 Å². The summed E-state index contributed by atoms with van der Waals surface area (Å²) >= 11 is 0. The number of rotatable bonds is 10. The summed E-state index contributed by atoms with van der Waals surface area (Å²) in [4.78, 5) is 25.1. The lowest BCUT2D eigenvalue weighted by molar-refractivity contribution is -0.114. The summed E-state index contributed by atoms with van der Waals surface area (Å²) < 4.78 is 36.3. The molecule has 31 heavy (non-hydrogen) atoms. The van der Waals surface area contributed by atoms with Crippen molar-refractivity contribution in [2.45, 2.75) is 13.3 Å². The van der Waals surface area contributed by atoms with Crippen LogP contribution in [0.25, 0.3) is 0 Å². The summed E-state index contributed by atoms with van der Waals surface area (Å²) in [6.07, 6.45) is 1.76. The van der Waals surface area contributed by atoms with Gasteiger partial charge in [-0.05, 0) is 30.7 Å². The molecule has 10 heteroatoms. The molecule has 168 valence electrons. The van der Waals surface area contributed by atoms with Gasteiger partial charge < -0.3 is 20.1 Å². The first-order valence-electron chi connectivity index (χ1n) is 9.58. The monoisotopic (exact) mass is 449 g/mol. The molecule has 0 aliphatic rings. The first kappa shape index (κ1) is 24.0. The van der Waals surface area contributed by atoms with Gasteiger partial charge in [-0.2, -0.15) is 0 Å². The maximum absolute atomic E-state index is 12.8. The van der Waals surface area contributed by atoms with Gasteiger partial charge in [-0.3, -0.25) is 13.9 Å². The van der Waals surface area contributed by atoms with E-state index in [0.29, 0.717) is 12.3 Å². The standard InChI is InChI=1S/C21H27N3O6S/c1-5-12-22-21(26)16-8-6-7-9-17(16)23-20(25)14-24(31(4,27)28)18-13-15(29-2)10-11-19(18)30-3/h6-11,13H,5,12,14H2,1-4H3,(H,22,26)(H,23,25). The van der Waals surface area contributed by atoms with Gasteiger partial charge in [0.05, 0.1) is 37.4 Å². The van der Waals surface area contributed by atoms with E-state index >= 15 is 0 Å². The van der Waals surface area contributed by atoms with Crippen molar-refractivity contribution in [3.63, 3.8) is 0 Å². The van der Waals surface area contributed by atoms with E-state index in [1.165, 1.54) is 20.3 Å². The molecule has 0 bridgehead atoms. The molecule has 0 atom stereocenters. The maximum atomic E-state index is 12.8. The molecule has 9 nitrogen and oxygen atoms in total. The fraction of sp³-hybridized carbons (Fsp3) is 0.333. The average Bonchev–Trinajstić information content (AvgIpc) is 2.75. The number of para-hydroxylation sites is 1. The zero-order chi connectivity index (χ0) is 23.0. The van der Waals surface area contributed by atoms with Gasteiger partial charge in [0.15, 0.2) is 0 Å². The minimum Gasteiger partial charge on any atom is -0.497 e. The Balaban J connectivity index is 2.32. The van der Waals surface area contributed by atoms with Crippen molar-refractivity contribution in [1.29, 1.82) is 0 Å². The van der Waals surface area contributed by atoms with Crippen molar-refractivity contribution in [3.8, 4) is 11.5 Å². The highest BCUT2D eigenvalue weighted by Gasteiger charge is 2.25. The summed E-state index contributed by atoms with van der Waals surface area (Å²) in [6.45, 7) is 1.91. The Morgan fingerprint density at radius 3 is 2.39 bits per heavy atom. The lowest BCUT2D eigenvalue weighted by Gasteiger charge is -2.24. The van der Waals surface area contributed by atoms with Crippen LogP contribution in [-0.4, -0.2) is 53.8 Å². The van der Waals surface area contributed by atoms with Crippen molar-refractivity contribution in [3.05, 3.63) is 48.0 Å². The van der Waals surface area contributed by atoms with Crippen molar-refractivity contribution in [1.82, 2.24) is 5.32 Å². The van der Waals surface area contributed by atoms with Crippen LogP contribution >= 0.6 is 0 Å². The van der Waals surface area contributed by atoms with Crippen LogP contribution in [0.15, 0.2) is 42.5 Å². The van der Waals surface area contributed by atoms with Gasteiger partial charge in [0, 0.05) is 12.6 Å². The molecule has 0 fully saturated rings. The molecular formula is C21H27N3O6S. The van der Waals surface area contributed by atoms with Crippen LogP contribution in [0, 0.1) is 0 Å². The number of carbonyl (C=O) groups excluding carboxylic acids is 2. The highest BCUT2D eigenvalue weighted by molar-refractivity contribution is 7.92. The molecule has 2 amide bonds. The predicted molar refractivity (Wildman–Crippen MR) is 119 cm³/mol. The van der Waals surface area contributed by atoms with Crippen LogP contribution < -0.4 is 24.4 Å². The molecule has 0 unspecified atom stereocenters. The minimum absolute atomic E-state index is 0.161. The zero-order valence-electron chi connectivity index (χ0n) is 18.0. The molecule has 0 aromatic heterocycles. The van der Waals surface area contributed by atoms with Crippen LogP contribution in [0.4, 0.5) is 11.4 Å². The highest BCUT2D eigenvalue weighted by atomic mass is 32.2. The topological polar surface area (TPSA) is 114 Å². The molecule has 0 aliphatic heterocycles. The average molecular weight is 450 g/mol. The van der Waals surface area contributed by atoms with E-state index in [2.05, 4.69) is 10.6 Å². The number of anilines is 2. The van der Waals surface area contributed by atoms with E-state index in [-0.39, 0.29) is 28.6 Å². The zero-order valence-corrected chi connectivity index (χ0v) is 18.8. The lowest BCUT2D eigenvalue weighted by atomic mass is 10.1. The summed E-state index contributed by atoms with van der Waals surface area (Å²) in [5, 5.41) is 5.38. The van der Waals surface area contributed by atoms with E-state index in [1.807, 2.05) is 6.92 Å². The van der Waals surface area contributed by atoms with E-state index in [1.54, 1.807) is 36.4 Å². The summed E-state index contributed by atoms with van der Waals surface area (Å²) in [5.41, 5.74) is 0.731. The molecule has 0 saturated carbocycles. The van der Waals surface area contributed by atoms with Gasteiger partial charge in [-0.1, -0.05) is 19.1 Å². The number of methoxy groups -OCH3 is 2. The maximum Gasteiger partial charge on any atom is 0.253 e. The molecule has 0 spiro atoms.